The molecule has 0 spiro atoms. The van der Waals surface area contributed by atoms with Crippen molar-refractivity contribution in [2.75, 3.05) is 6.61 Å². The summed E-state index contributed by atoms with van der Waals surface area (Å²) in [6, 6.07) is 0.671. The number of ether oxygens (including phenoxy) is 1. The molecule has 0 radical (unpaired) electrons. The van der Waals surface area contributed by atoms with Gasteiger partial charge in [0.1, 0.15) is 6.61 Å². The predicted molar refractivity (Wildman–Crippen MR) is 68.5 cm³/mol. The van der Waals surface area contributed by atoms with Gasteiger partial charge in [0.15, 0.2) is 0 Å². The van der Waals surface area contributed by atoms with Gasteiger partial charge < -0.3 is 19.8 Å². The summed E-state index contributed by atoms with van der Waals surface area (Å²) in [6.07, 6.45) is -24.1. The Morgan fingerprint density at radius 1 is 0.767 bits per heavy atom. The van der Waals surface area contributed by atoms with Gasteiger partial charge in [-0.1, -0.05) is 5.56 Å². The Morgan fingerprint density at radius 3 is 1.43 bits per heavy atom. The van der Waals surface area contributed by atoms with Gasteiger partial charge in [-0.15, -0.1) is 5.56 Å². The second-order valence-electron chi connectivity index (χ2n) is 4.94. The third kappa shape index (κ3) is 8.80. The van der Waals surface area contributed by atoms with Crippen LogP contribution in [0.25, 0.3) is 0 Å². The van der Waals surface area contributed by atoms with Crippen LogP contribution in [0.2, 0.25) is 0 Å². The summed E-state index contributed by atoms with van der Waals surface area (Å²) in [4.78, 5) is 0. The van der Waals surface area contributed by atoms with E-state index in [2.05, 4.69) is 4.74 Å². The summed E-state index contributed by atoms with van der Waals surface area (Å²) in [6.45, 7) is -3.00. The van der Waals surface area contributed by atoms with Crippen LogP contribution in [0.4, 0.5) is 52.7 Å². The molecule has 3 N–H and O–H groups in total. The third-order valence-corrected chi connectivity index (χ3v) is 2.77. The monoisotopic (exact) mass is 478 g/mol. The quantitative estimate of drug-likeness (QED) is 0.334. The number of benzene rings is 1. The van der Waals surface area contributed by atoms with Gasteiger partial charge in [0.05, 0.1) is 0 Å². The number of rotatable bonds is 3. The first-order valence-corrected chi connectivity index (χ1v) is 6.62. The van der Waals surface area contributed by atoms with Crippen LogP contribution in [0, 0.1) is 6.07 Å². The molecule has 18 heteroatoms. The van der Waals surface area contributed by atoms with Crippen LogP contribution in [-0.2, 0) is 16.5 Å². The zero-order valence-corrected chi connectivity index (χ0v) is 16.3. The largest absolute Gasteiger partial charge is 1.00 e. The van der Waals surface area contributed by atoms with Crippen LogP contribution >= 0.6 is 0 Å². The van der Waals surface area contributed by atoms with E-state index in [0.717, 1.165) is 0 Å². The van der Waals surface area contributed by atoms with Crippen molar-refractivity contribution < 1.29 is 102 Å². The number of alkyl halides is 12. The van der Waals surface area contributed by atoms with E-state index in [1.54, 1.807) is 0 Å². The fourth-order valence-corrected chi connectivity index (χ4v) is 1.76. The van der Waals surface area contributed by atoms with E-state index >= 15 is 0 Å². The summed E-state index contributed by atoms with van der Waals surface area (Å²) in [5.41, 5.74) is -9.82. The molecule has 1 aromatic rings. The van der Waals surface area contributed by atoms with Crippen molar-refractivity contribution in [3.63, 3.8) is 0 Å². The fraction of sp³-hybridized carbons (Fsp3) is 0.500. The van der Waals surface area contributed by atoms with E-state index < -0.39 is 61.4 Å². The summed E-state index contributed by atoms with van der Waals surface area (Å²) < 4.78 is 155. The first kappa shape index (κ1) is 31.5. The van der Waals surface area contributed by atoms with Gasteiger partial charge in [-0.05, 0) is 0 Å². The van der Waals surface area contributed by atoms with Crippen LogP contribution < -0.4 is 29.6 Å². The van der Waals surface area contributed by atoms with Crippen molar-refractivity contribution in [3.8, 4) is 0 Å². The summed E-state index contributed by atoms with van der Waals surface area (Å²) in [7, 11) is -2.17. The fourth-order valence-electron chi connectivity index (χ4n) is 1.76. The number of hydrogen-bond donors (Lipinski definition) is 3. The van der Waals surface area contributed by atoms with Crippen LogP contribution in [0.5, 0.6) is 0 Å². The topological polar surface area (TPSA) is 69.9 Å². The van der Waals surface area contributed by atoms with Gasteiger partial charge in [0.2, 0.25) is 5.60 Å². The molecule has 1 aromatic carbocycles. The van der Waals surface area contributed by atoms with Crippen LogP contribution in [0.1, 0.15) is 11.1 Å². The van der Waals surface area contributed by atoms with E-state index in [-0.39, 0.29) is 41.7 Å². The molecule has 0 unspecified atom stereocenters. The van der Waals surface area contributed by atoms with Crippen molar-refractivity contribution in [1.29, 1.82) is 0 Å². The Bertz CT molecular complexity index is 640. The second kappa shape index (κ2) is 10.7. The normalized spacial score (nSPS) is 13.2. The zero-order valence-electron chi connectivity index (χ0n) is 14.3. The second-order valence-corrected chi connectivity index (χ2v) is 4.94. The van der Waals surface area contributed by atoms with Gasteiger partial charge in [-0.25, -0.2) is 0 Å². The minimum Gasteiger partial charge on any atom is -0.402 e. The van der Waals surface area contributed by atoms with E-state index in [1.807, 2.05) is 0 Å². The zero-order chi connectivity index (χ0) is 23.5. The molecule has 0 aliphatic rings. The Morgan fingerprint density at radius 2 is 1.13 bits per heavy atom. The maximum absolute atomic E-state index is 13.1. The molecule has 0 heterocycles. The molecule has 0 fully saturated rings. The van der Waals surface area contributed by atoms with Crippen LogP contribution in [-0.4, -0.2) is 47.5 Å². The molecule has 0 aromatic heterocycles. The molecule has 0 bridgehead atoms. The minimum atomic E-state index is -6.55. The van der Waals surface area contributed by atoms with Crippen molar-refractivity contribution >= 4 is 7.32 Å². The Balaban J connectivity index is 0. The Labute approximate surface area is 181 Å². The summed E-state index contributed by atoms with van der Waals surface area (Å²) >= 11 is 0. The van der Waals surface area contributed by atoms with Crippen LogP contribution in [0.3, 0.4) is 0 Å². The average molecular weight is 478 g/mol. The average Bonchev–Trinajstić information content (AvgIpc) is 2.42. The molecule has 0 aliphatic carbocycles. The van der Waals surface area contributed by atoms with E-state index in [9.17, 15) is 52.7 Å². The minimum absolute atomic E-state index is 0. The maximum atomic E-state index is 13.1. The van der Waals surface area contributed by atoms with Crippen molar-refractivity contribution in [1.82, 2.24) is 0 Å². The van der Waals surface area contributed by atoms with Gasteiger partial charge in [0, 0.05) is 0 Å². The summed E-state index contributed by atoms with van der Waals surface area (Å²) in [5, 5.41) is 21.5. The molecule has 0 atom stereocenters. The molecule has 4 nitrogen and oxygen atoms in total. The molecule has 1 rings (SSSR count). The molecule has 0 saturated heterocycles. The number of halogens is 12. The van der Waals surface area contributed by atoms with Crippen molar-refractivity contribution in [3.05, 3.63) is 35.4 Å². The molecule has 30 heavy (non-hydrogen) atoms. The predicted octanol–water partition coefficient (Wildman–Crippen LogP) is 0.357. The molecule has 0 saturated carbocycles. The van der Waals surface area contributed by atoms with Gasteiger partial charge in [0.25, 0.3) is 0 Å². The van der Waals surface area contributed by atoms with Crippen LogP contribution in [0.15, 0.2) is 18.2 Å². The van der Waals surface area contributed by atoms with Gasteiger partial charge in [-0.3, -0.25) is 0 Å². The van der Waals surface area contributed by atoms with E-state index in [1.165, 1.54) is 6.07 Å². The van der Waals surface area contributed by atoms with Gasteiger partial charge in [-0.2, -0.15) is 77.0 Å². The smallest absolute Gasteiger partial charge is 0.402 e. The van der Waals surface area contributed by atoms with E-state index in [0.29, 0.717) is 0 Å². The molecule has 0 aliphatic heterocycles. The molecule has 168 valence electrons. The van der Waals surface area contributed by atoms with Crippen molar-refractivity contribution in [2.24, 2.45) is 0 Å². The first-order valence-electron chi connectivity index (χ1n) is 6.62. The number of hydrogen-bond acceptors (Lipinski definition) is 4. The first-order chi connectivity index (χ1) is 12.6. The molecular weight excluding hydrogens is 470 g/mol. The Kier molecular flexibility index (Phi) is 11.3. The molecule has 0 amide bonds. The van der Waals surface area contributed by atoms with Crippen molar-refractivity contribution in [2.45, 2.75) is 30.3 Å². The van der Waals surface area contributed by atoms with E-state index in [4.69, 9.17) is 15.1 Å². The maximum Gasteiger partial charge on any atom is 1.00 e. The SMILES string of the molecule is FC(F)(F)COC(c1c[c-]cc(C(F)(F)F)c1)(C(F)(F)F)C(F)(F)F.OB(O)O.[Na+]. The standard InChI is InChI=1S/C12H5F12O.BH3O3.Na/c13-8(14,15)5-25-9(11(19,20)21,12(22,23)24)6-2-1-3-7(4-6)10(16,17)18;2-1(3)4;/h2-4H,5H2;2-4H;/q-1;;+1. The van der Waals surface area contributed by atoms with Gasteiger partial charge >= 0.3 is 61.6 Å². The molecular formula is C12H8BF12NaO4. The Hall–Kier alpha value is -0.715. The summed E-state index contributed by atoms with van der Waals surface area (Å²) in [5.74, 6) is 0. The third-order valence-electron chi connectivity index (χ3n) is 2.77.